The standard InChI is InChI=1S/C7H17N3O2S/c1-6(2)7(8)9-4-5-10-13(3,11)12/h6,10H,4-5H2,1-3H3,(H2,8,9). The van der Waals surface area contributed by atoms with E-state index in [2.05, 4.69) is 9.71 Å². The van der Waals surface area contributed by atoms with Crippen molar-refractivity contribution < 1.29 is 8.42 Å². The van der Waals surface area contributed by atoms with Gasteiger partial charge in [-0.25, -0.2) is 13.1 Å². The minimum atomic E-state index is -3.10. The number of nitrogens with zero attached hydrogens (tertiary/aromatic N) is 1. The Hall–Kier alpha value is -0.620. The van der Waals surface area contributed by atoms with Crippen LogP contribution in [0.25, 0.3) is 0 Å². The zero-order valence-electron chi connectivity index (χ0n) is 8.24. The van der Waals surface area contributed by atoms with Crippen LogP contribution in [0.2, 0.25) is 0 Å². The lowest BCUT2D eigenvalue weighted by atomic mass is 10.2. The van der Waals surface area contributed by atoms with Gasteiger partial charge in [0.1, 0.15) is 0 Å². The van der Waals surface area contributed by atoms with E-state index in [0.717, 1.165) is 6.26 Å². The summed E-state index contributed by atoms with van der Waals surface area (Å²) in [5.74, 6) is 0.758. The van der Waals surface area contributed by atoms with E-state index in [1.54, 1.807) is 0 Å². The largest absolute Gasteiger partial charge is 0.387 e. The summed E-state index contributed by atoms with van der Waals surface area (Å²) in [6.45, 7) is 4.55. The molecular weight excluding hydrogens is 190 g/mol. The highest BCUT2D eigenvalue weighted by molar-refractivity contribution is 7.88. The van der Waals surface area contributed by atoms with E-state index in [0.29, 0.717) is 18.9 Å². The Morgan fingerprint density at radius 3 is 2.46 bits per heavy atom. The van der Waals surface area contributed by atoms with Crippen molar-refractivity contribution in [3.8, 4) is 0 Å². The lowest BCUT2D eigenvalue weighted by Gasteiger charge is -2.03. The molecule has 78 valence electrons. The van der Waals surface area contributed by atoms with Crippen molar-refractivity contribution in [1.29, 1.82) is 0 Å². The van der Waals surface area contributed by atoms with Crippen molar-refractivity contribution in [2.24, 2.45) is 16.6 Å². The first-order valence-electron chi connectivity index (χ1n) is 4.07. The SMILES string of the molecule is CC(C)C(N)=NCCNS(C)(=O)=O. The molecule has 0 fully saturated rings. The Balaban J connectivity index is 3.75. The molecule has 0 heterocycles. The second-order valence-corrected chi connectivity index (χ2v) is 4.96. The maximum Gasteiger partial charge on any atom is 0.208 e. The number of aliphatic imine (C=N–C) groups is 1. The van der Waals surface area contributed by atoms with Crippen LogP contribution < -0.4 is 10.5 Å². The number of rotatable bonds is 5. The number of sulfonamides is 1. The van der Waals surface area contributed by atoms with Crippen molar-refractivity contribution in [2.75, 3.05) is 19.3 Å². The van der Waals surface area contributed by atoms with Crippen LogP contribution in [0.3, 0.4) is 0 Å². The smallest absolute Gasteiger partial charge is 0.208 e. The Labute approximate surface area is 79.5 Å². The van der Waals surface area contributed by atoms with Crippen molar-refractivity contribution in [3.05, 3.63) is 0 Å². The topological polar surface area (TPSA) is 84.5 Å². The van der Waals surface area contributed by atoms with E-state index >= 15 is 0 Å². The van der Waals surface area contributed by atoms with Crippen LogP contribution >= 0.6 is 0 Å². The molecule has 0 aliphatic carbocycles. The third-order valence-corrected chi connectivity index (χ3v) is 2.09. The fourth-order valence-corrected chi connectivity index (χ4v) is 1.06. The number of nitrogens with one attached hydrogen (secondary N) is 1. The molecule has 0 aliphatic heterocycles. The van der Waals surface area contributed by atoms with Gasteiger partial charge in [-0.15, -0.1) is 0 Å². The zero-order chi connectivity index (χ0) is 10.5. The molecule has 0 saturated heterocycles. The minimum Gasteiger partial charge on any atom is -0.387 e. The first-order chi connectivity index (χ1) is 5.83. The van der Waals surface area contributed by atoms with Gasteiger partial charge in [0.15, 0.2) is 0 Å². The third-order valence-electron chi connectivity index (χ3n) is 1.36. The molecule has 0 atom stereocenters. The van der Waals surface area contributed by atoms with Gasteiger partial charge in [-0.3, -0.25) is 4.99 Å². The molecule has 0 aromatic heterocycles. The zero-order valence-corrected chi connectivity index (χ0v) is 9.06. The molecule has 0 saturated carbocycles. The van der Waals surface area contributed by atoms with Crippen molar-refractivity contribution in [1.82, 2.24) is 4.72 Å². The highest BCUT2D eigenvalue weighted by Crippen LogP contribution is 1.90. The summed E-state index contributed by atoms with van der Waals surface area (Å²) in [6.07, 6.45) is 1.11. The van der Waals surface area contributed by atoms with Crippen LogP contribution in [0.5, 0.6) is 0 Å². The highest BCUT2D eigenvalue weighted by atomic mass is 32.2. The summed E-state index contributed by atoms with van der Waals surface area (Å²) in [7, 11) is -3.10. The first-order valence-corrected chi connectivity index (χ1v) is 5.96. The summed E-state index contributed by atoms with van der Waals surface area (Å²) >= 11 is 0. The molecule has 0 bridgehead atoms. The van der Waals surface area contributed by atoms with Gasteiger partial charge in [0.2, 0.25) is 10.0 Å². The van der Waals surface area contributed by atoms with Gasteiger partial charge in [0.25, 0.3) is 0 Å². The third kappa shape index (κ3) is 7.73. The average molecular weight is 207 g/mol. The van der Waals surface area contributed by atoms with E-state index in [-0.39, 0.29) is 5.92 Å². The molecule has 13 heavy (non-hydrogen) atoms. The Morgan fingerprint density at radius 2 is 2.08 bits per heavy atom. The molecule has 0 amide bonds. The van der Waals surface area contributed by atoms with Crippen LogP contribution in [-0.2, 0) is 10.0 Å². The molecule has 0 aliphatic rings. The lowest BCUT2D eigenvalue weighted by Crippen LogP contribution is -2.26. The molecule has 0 rings (SSSR count). The average Bonchev–Trinajstić information content (AvgIpc) is 1.95. The molecular formula is C7H17N3O2S. The van der Waals surface area contributed by atoms with E-state index in [1.165, 1.54) is 0 Å². The summed E-state index contributed by atoms with van der Waals surface area (Å²) in [4.78, 5) is 3.99. The fraction of sp³-hybridized carbons (Fsp3) is 0.857. The predicted molar refractivity (Wildman–Crippen MR) is 54.2 cm³/mol. The Kier molecular flexibility index (Phi) is 4.94. The highest BCUT2D eigenvalue weighted by Gasteiger charge is 2.00. The fourth-order valence-electron chi connectivity index (χ4n) is 0.599. The van der Waals surface area contributed by atoms with Crippen molar-refractivity contribution >= 4 is 15.9 Å². The van der Waals surface area contributed by atoms with Gasteiger partial charge < -0.3 is 5.73 Å². The summed E-state index contributed by atoms with van der Waals surface area (Å²) in [5.41, 5.74) is 5.54. The molecule has 5 nitrogen and oxygen atoms in total. The molecule has 0 aromatic carbocycles. The minimum absolute atomic E-state index is 0.207. The van der Waals surface area contributed by atoms with E-state index in [4.69, 9.17) is 5.73 Å². The summed E-state index contributed by atoms with van der Waals surface area (Å²) in [5, 5.41) is 0. The van der Waals surface area contributed by atoms with Crippen LogP contribution in [0.4, 0.5) is 0 Å². The molecule has 3 N–H and O–H groups in total. The van der Waals surface area contributed by atoms with Gasteiger partial charge in [-0.05, 0) is 0 Å². The number of nitrogens with two attached hydrogens (primary N) is 1. The van der Waals surface area contributed by atoms with Crippen LogP contribution in [0.15, 0.2) is 4.99 Å². The summed E-state index contributed by atoms with van der Waals surface area (Å²) in [6, 6.07) is 0. The molecule has 0 unspecified atom stereocenters. The normalized spacial score (nSPS) is 13.7. The first kappa shape index (κ1) is 12.4. The van der Waals surface area contributed by atoms with Gasteiger partial charge in [-0.2, -0.15) is 0 Å². The number of hydrogen-bond acceptors (Lipinski definition) is 3. The lowest BCUT2D eigenvalue weighted by molar-refractivity contribution is 0.588. The van der Waals surface area contributed by atoms with Gasteiger partial charge in [0, 0.05) is 12.5 Å². The molecule has 0 spiro atoms. The van der Waals surface area contributed by atoms with Gasteiger partial charge in [0.05, 0.1) is 18.6 Å². The van der Waals surface area contributed by atoms with Crippen LogP contribution in [0.1, 0.15) is 13.8 Å². The Bertz CT molecular complexity index is 269. The van der Waals surface area contributed by atoms with Crippen LogP contribution in [0, 0.1) is 5.92 Å². The Morgan fingerprint density at radius 1 is 1.54 bits per heavy atom. The second kappa shape index (κ2) is 5.18. The van der Waals surface area contributed by atoms with Crippen molar-refractivity contribution in [2.45, 2.75) is 13.8 Å². The van der Waals surface area contributed by atoms with E-state index in [9.17, 15) is 8.42 Å². The maximum atomic E-state index is 10.6. The predicted octanol–water partition coefficient (Wildman–Crippen LogP) is -0.451. The molecule has 6 heteroatoms. The molecule has 0 aromatic rings. The van der Waals surface area contributed by atoms with E-state index < -0.39 is 10.0 Å². The second-order valence-electron chi connectivity index (χ2n) is 3.13. The summed E-state index contributed by atoms with van der Waals surface area (Å²) < 4.78 is 23.6. The van der Waals surface area contributed by atoms with Crippen LogP contribution in [-0.4, -0.2) is 33.6 Å². The van der Waals surface area contributed by atoms with Gasteiger partial charge >= 0.3 is 0 Å². The monoisotopic (exact) mass is 207 g/mol. The molecule has 0 radical (unpaired) electrons. The van der Waals surface area contributed by atoms with Crippen molar-refractivity contribution in [3.63, 3.8) is 0 Å². The maximum absolute atomic E-state index is 10.6. The van der Waals surface area contributed by atoms with Gasteiger partial charge in [-0.1, -0.05) is 13.8 Å². The quantitative estimate of drug-likeness (QED) is 0.364. The van der Waals surface area contributed by atoms with E-state index in [1.807, 2.05) is 13.8 Å². The number of hydrogen-bond donors (Lipinski definition) is 2. The number of amidine groups is 1.